The molecule has 3 heteroatoms. The van der Waals surface area contributed by atoms with Crippen molar-refractivity contribution in [3.63, 3.8) is 0 Å². The van der Waals surface area contributed by atoms with E-state index in [1.54, 1.807) is 0 Å². The Kier molecular flexibility index (Phi) is 4.02. The zero-order valence-corrected chi connectivity index (χ0v) is 11.1. The van der Waals surface area contributed by atoms with Crippen molar-refractivity contribution in [2.75, 3.05) is 12.3 Å². The van der Waals surface area contributed by atoms with Crippen LogP contribution in [-0.2, 0) is 4.74 Å². The van der Waals surface area contributed by atoms with Crippen molar-refractivity contribution in [1.82, 2.24) is 0 Å². The minimum Gasteiger partial charge on any atom is -0.399 e. The van der Waals surface area contributed by atoms with Crippen molar-refractivity contribution in [2.45, 2.75) is 39.2 Å². The number of anilines is 1. The van der Waals surface area contributed by atoms with E-state index in [2.05, 4.69) is 0 Å². The van der Waals surface area contributed by atoms with Gasteiger partial charge in [0.15, 0.2) is 5.78 Å². The first-order chi connectivity index (χ1) is 8.60. The number of hydrogen-bond acceptors (Lipinski definition) is 3. The Bertz CT molecular complexity index is 436. The Morgan fingerprint density at radius 1 is 1.44 bits per heavy atom. The zero-order chi connectivity index (χ0) is 13.1. The zero-order valence-electron chi connectivity index (χ0n) is 11.1. The summed E-state index contributed by atoms with van der Waals surface area (Å²) in [6.45, 7) is 4.71. The van der Waals surface area contributed by atoms with Gasteiger partial charge in [-0.1, -0.05) is 0 Å². The third-order valence-corrected chi connectivity index (χ3v) is 3.66. The third-order valence-electron chi connectivity index (χ3n) is 3.66. The van der Waals surface area contributed by atoms with E-state index in [4.69, 9.17) is 10.5 Å². The van der Waals surface area contributed by atoms with Crippen LogP contribution in [0.4, 0.5) is 5.69 Å². The van der Waals surface area contributed by atoms with Gasteiger partial charge in [-0.2, -0.15) is 0 Å². The lowest BCUT2D eigenvalue weighted by Gasteiger charge is -2.34. The minimum atomic E-state index is 0.220. The highest BCUT2D eigenvalue weighted by Gasteiger charge is 2.31. The van der Waals surface area contributed by atoms with Crippen LogP contribution in [-0.4, -0.2) is 18.5 Å². The fourth-order valence-electron chi connectivity index (χ4n) is 2.44. The van der Waals surface area contributed by atoms with Gasteiger partial charge in [-0.05, 0) is 56.4 Å². The molecule has 0 bridgehead atoms. The van der Waals surface area contributed by atoms with Crippen LogP contribution in [0.3, 0.4) is 0 Å². The molecule has 0 atom stereocenters. The first kappa shape index (κ1) is 13.1. The molecule has 0 aromatic heterocycles. The van der Waals surface area contributed by atoms with Crippen LogP contribution >= 0.6 is 0 Å². The molecule has 0 heterocycles. The summed E-state index contributed by atoms with van der Waals surface area (Å²) in [6, 6.07) is 5.52. The quantitative estimate of drug-likeness (QED) is 0.643. The van der Waals surface area contributed by atoms with E-state index in [-0.39, 0.29) is 5.78 Å². The van der Waals surface area contributed by atoms with E-state index in [0.29, 0.717) is 18.4 Å². The molecule has 1 aromatic rings. The molecule has 98 valence electrons. The maximum Gasteiger partial charge on any atom is 0.163 e. The Balaban J connectivity index is 1.87. The topological polar surface area (TPSA) is 52.3 Å². The van der Waals surface area contributed by atoms with Gasteiger partial charge in [0.2, 0.25) is 0 Å². The van der Waals surface area contributed by atoms with Crippen molar-refractivity contribution in [3.8, 4) is 0 Å². The molecule has 0 saturated heterocycles. The molecule has 1 aliphatic carbocycles. The lowest BCUT2D eigenvalue weighted by atomic mass is 9.78. The van der Waals surface area contributed by atoms with Crippen LogP contribution in [0.15, 0.2) is 18.2 Å². The van der Waals surface area contributed by atoms with Gasteiger partial charge in [0.05, 0.1) is 6.10 Å². The summed E-state index contributed by atoms with van der Waals surface area (Å²) in [6.07, 6.45) is 3.05. The number of nitrogen functional groups attached to an aromatic ring is 1. The second-order valence-electron chi connectivity index (χ2n) is 5.11. The second kappa shape index (κ2) is 5.53. The fourth-order valence-corrected chi connectivity index (χ4v) is 2.44. The van der Waals surface area contributed by atoms with Crippen LogP contribution in [0.5, 0.6) is 0 Å². The van der Waals surface area contributed by atoms with Gasteiger partial charge in [-0.3, -0.25) is 4.79 Å². The van der Waals surface area contributed by atoms with Gasteiger partial charge < -0.3 is 10.5 Å². The number of carbonyl (C=O) groups is 1. The van der Waals surface area contributed by atoms with E-state index < -0.39 is 0 Å². The van der Waals surface area contributed by atoms with E-state index in [9.17, 15) is 4.79 Å². The molecule has 2 rings (SSSR count). The summed E-state index contributed by atoms with van der Waals surface area (Å²) >= 11 is 0. The van der Waals surface area contributed by atoms with Crippen molar-refractivity contribution in [1.29, 1.82) is 0 Å². The van der Waals surface area contributed by atoms with Crippen molar-refractivity contribution in [3.05, 3.63) is 29.3 Å². The molecule has 0 radical (unpaired) electrons. The largest absolute Gasteiger partial charge is 0.399 e. The minimum absolute atomic E-state index is 0.220. The summed E-state index contributed by atoms with van der Waals surface area (Å²) in [7, 11) is 0. The van der Waals surface area contributed by atoms with Crippen LogP contribution < -0.4 is 5.73 Å². The maximum atomic E-state index is 12.1. The number of Topliss-reactive ketones (excluding diaryl/α,β-unsaturated/α-hetero) is 1. The molecule has 3 nitrogen and oxygen atoms in total. The molecule has 1 saturated carbocycles. The molecule has 1 fully saturated rings. The molecular formula is C15H21NO2. The standard InChI is InChI=1S/C15H21NO2/c1-3-18-13-7-11(8-13)9-15(17)12-4-5-14(16)10(2)6-12/h4-6,11,13H,3,7-9,16H2,1-2H3. The molecule has 1 aromatic carbocycles. The number of rotatable bonds is 5. The molecule has 2 N–H and O–H groups in total. The van der Waals surface area contributed by atoms with Gasteiger partial charge >= 0.3 is 0 Å². The normalized spacial score (nSPS) is 22.6. The predicted molar refractivity (Wildman–Crippen MR) is 72.7 cm³/mol. The van der Waals surface area contributed by atoms with E-state index in [1.165, 1.54) is 0 Å². The molecule has 1 aliphatic rings. The van der Waals surface area contributed by atoms with Gasteiger partial charge in [-0.25, -0.2) is 0 Å². The van der Waals surface area contributed by atoms with E-state index in [1.807, 2.05) is 32.0 Å². The van der Waals surface area contributed by atoms with Crippen LogP contribution in [0, 0.1) is 12.8 Å². The summed E-state index contributed by atoms with van der Waals surface area (Å²) in [5.74, 6) is 0.713. The number of ketones is 1. The highest BCUT2D eigenvalue weighted by atomic mass is 16.5. The van der Waals surface area contributed by atoms with Crippen molar-refractivity contribution < 1.29 is 9.53 Å². The van der Waals surface area contributed by atoms with E-state index in [0.717, 1.165) is 36.3 Å². The molecule has 0 aliphatic heterocycles. The summed E-state index contributed by atoms with van der Waals surface area (Å²) in [5, 5.41) is 0. The molecule has 0 amide bonds. The average Bonchev–Trinajstić information content (AvgIpc) is 2.30. The Morgan fingerprint density at radius 2 is 2.17 bits per heavy atom. The maximum absolute atomic E-state index is 12.1. The summed E-state index contributed by atoms with van der Waals surface area (Å²) < 4.78 is 5.50. The van der Waals surface area contributed by atoms with Crippen LogP contribution in [0.1, 0.15) is 42.1 Å². The molecule has 18 heavy (non-hydrogen) atoms. The second-order valence-corrected chi connectivity index (χ2v) is 5.11. The van der Waals surface area contributed by atoms with Crippen LogP contribution in [0.2, 0.25) is 0 Å². The Morgan fingerprint density at radius 3 is 2.78 bits per heavy atom. The number of aryl methyl sites for hydroxylation is 1. The number of ether oxygens (including phenoxy) is 1. The SMILES string of the molecule is CCOC1CC(CC(=O)c2ccc(N)c(C)c2)C1. The van der Waals surface area contributed by atoms with Gasteiger partial charge in [0.1, 0.15) is 0 Å². The smallest absolute Gasteiger partial charge is 0.163 e. The highest BCUT2D eigenvalue weighted by Crippen LogP contribution is 2.33. The summed E-state index contributed by atoms with van der Waals surface area (Å²) in [5.41, 5.74) is 8.25. The van der Waals surface area contributed by atoms with Gasteiger partial charge in [-0.15, -0.1) is 0 Å². The molecule has 0 spiro atoms. The Labute approximate surface area is 108 Å². The monoisotopic (exact) mass is 247 g/mol. The first-order valence-corrected chi connectivity index (χ1v) is 6.61. The Hall–Kier alpha value is -1.35. The first-order valence-electron chi connectivity index (χ1n) is 6.61. The summed E-state index contributed by atoms with van der Waals surface area (Å²) in [4.78, 5) is 12.1. The number of nitrogens with two attached hydrogens (primary N) is 1. The average molecular weight is 247 g/mol. The van der Waals surface area contributed by atoms with Crippen molar-refractivity contribution >= 4 is 11.5 Å². The lowest BCUT2D eigenvalue weighted by Crippen LogP contribution is -2.32. The number of benzene rings is 1. The van der Waals surface area contributed by atoms with E-state index >= 15 is 0 Å². The molecule has 0 unspecified atom stereocenters. The molecular weight excluding hydrogens is 226 g/mol. The number of hydrogen-bond donors (Lipinski definition) is 1. The van der Waals surface area contributed by atoms with Gasteiger partial charge in [0.25, 0.3) is 0 Å². The lowest BCUT2D eigenvalue weighted by molar-refractivity contribution is -0.0246. The van der Waals surface area contributed by atoms with Crippen molar-refractivity contribution in [2.24, 2.45) is 5.92 Å². The fraction of sp³-hybridized carbons (Fsp3) is 0.533. The highest BCUT2D eigenvalue weighted by molar-refractivity contribution is 5.96. The third kappa shape index (κ3) is 2.91. The number of carbonyl (C=O) groups excluding carboxylic acids is 1. The predicted octanol–water partition coefficient (Wildman–Crippen LogP) is 2.97. The van der Waals surface area contributed by atoms with Gasteiger partial charge in [0, 0.05) is 24.3 Å². The van der Waals surface area contributed by atoms with Crippen LogP contribution in [0.25, 0.3) is 0 Å².